The van der Waals surface area contributed by atoms with Crippen LogP contribution < -0.4 is 19.7 Å². The van der Waals surface area contributed by atoms with Crippen LogP contribution in [0.5, 0.6) is 11.5 Å². The van der Waals surface area contributed by atoms with Gasteiger partial charge in [-0.05, 0) is 72.2 Å². The summed E-state index contributed by atoms with van der Waals surface area (Å²) < 4.78 is 13.2. The number of methoxy groups -OCH3 is 1. The molecule has 4 amide bonds. The fraction of sp³-hybridized carbons (Fsp3) is 0.115. The van der Waals surface area contributed by atoms with Crippen molar-refractivity contribution in [3.63, 3.8) is 0 Å². The highest BCUT2D eigenvalue weighted by Gasteiger charge is 2.37. The van der Waals surface area contributed by atoms with E-state index in [-0.39, 0.29) is 5.57 Å². The number of ether oxygens (including phenoxy) is 2. The topological polar surface area (TPSA) is 84.9 Å². The van der Waals surface area contributed by atoms with Crippen LogP contribution in [0.3, 0.4) is 0 Å². The normalized spacial score (nSPS) is 14.8. The van der Waals surface area contributed by atoms with E-state index in [0.717, 1.165) is 25.0 Å². The van der Waals surface area contributed by atoms with Gasteiger partial charge in [0, 0.05) is 8.95 Å². The third kappa shape index (κ3) is 5.47. The minimum Gasteiger partial charge on any atom is -0.493 e. The number of benzene rings is 3. The van der Waals surface area contributed by atoms with Gasteiger partial charge in [-0.15, -0.1) is 0 Å². The first-order chi connectivity index (χ1) is 16.8. The van der Waals surface area contributed by atoms with E-state index in [0.29, 0.717) is 29.4 Å². The molecule has 0 bridgehead atoms. The van der Waals surface area contributed by atoms with Crippen LogP contribution in [-0.2, 0) is 16.2 Å². The minimum absolute atomic E-state index is 0.171. The van der Waals surface area contributed by atoms with E-state index < -0.39 is 17.8 Å². The number of carbonyl (C=O) groups is 3. The lowest BCUT2D eigenvalue weighted by Gasteiger charge is -2.26. The number of hydrogen-bond donors (Lipinski definition) is 1. The quantitative estimate of drug-likeness (QED) is 0.287. The fourth-order valence-corrected chi connectivity index (χ4v) is 3.97. The van der Waals surface area contributed by atoms with E-state index in [1.807, 2.05) is 31.2 Å². The number of nitrogens with one attached hydrogen (secondary N) is 1. The van der Waals surface area contributed by atoms with E-state index in [1.54, 1.807) is 36.4 Å². The zero-order valence-electron chi connectivity index (χ0n) is 18.8. The third-order valence-electron chi connectivity index (χ3n) is 5.31. The Labute approximate surface area is 219 Å². The van der Waals surface area contributed by atoms with Crippen molar-refractivity contribution in [3.8, 4) is 11.5 Å². The zero-order chi connectivity index (χ0) is 25.1. The Morgan fingerprint density at radius 2 is 1.69 bits per heavy atom. The van der Waals surface area contributed by atoms with E-state index in [1.165, 1.54) is 13.2 Å². The molecule has 1 N–H and O–H groups in total. The van der Waals surface area contributed by atoms with Crippen molar-refractivity contribution < 1.29 is 23.9 Å². The Balaban J connectivity index is 1.59. The fourth-order valence-electron chi connectivity index (χ4n) is 3.46. The van der Waals surface area contributed by atoms with Crippen molar-refractivity contribution in [3.05, 3.63) is 91.9 Å². The first kappa shape index (κ1) is 24.7. The smallest absolute Gasteiger partial charge is 0.335 e. The van der Waals surface area contributed by atoms with E-state index in [4.69, 9.17) is 9.47 Å². The first-order valence-corrected chi connectivity index (χ1v) is 12.1. The van der Waals surface area contributed by atoms with Crippen LogP contribution in [0, 0.1) is 6.92 Å². The van der Waals surface area contributed by atoms with Gasteiger partial charge in [-0.25, -0.2) is 9.69 Å². The van der Waals surface area contributed by atoms with Crippen LogP contribution >= 0.6 is 31.9 Å². The molecule has 0 radical (unpaired) electrons. The number of barbiturate groups is 1. The van der Waals surface area contributed by atoms with Crippen molar-refractivity contribution in [2.75, 3.05) is 12.0 Å². The summed E-state index contributed by atoms with van der Waals surface area (Å²) in [5, 5.41) is 2.23. The highest BCUT2D eigenvalue weighted by atomic mass is 79.9. The highest BCUT2D eigenvalue weighted by molar-refractivity contribution is 9.10. The van der Waals surface area contributed by atoms with E-state index in [2.05, 4.69) is 37.2 Å². The molecule has 4 rings (SSSR count). The molecule has 0 aromatic heterocycles. The maximum atomic E-state index is 13.2. The largest absolute Gasteiger partial charge is 0.493 e. The second-order valence-electron chi connectivity index (χ2n) is 7.72. The van der Waals surface area contributed by atoms with Gasteiger partial charge in [0.15, 0.2) is 11.5 Å². The molecule has 1 saturated heterocycles. The Bertz CT molecular complexity index is 1350. The van der Waals surface area contributed by atoms with Crippen molar-refractivity contribution >= 4 is 61.5 Å². The molecular formula is C26H20Br2N2O5. The summed E-state index contributed by atoms with van der Waals surface area (Å²) in [5.41, 5.74) is 2.56. The third-order valence-corrected chi connectivity index (χ3v) is 6.73. The number of carbonyl (C=O) groups excluding carboxylic acids is 3. The Kier molecular flexibility index (Phi) is 7.37. The molecule has 0 aliphatic carbocycles. The van der Waals surface area contributed by atoms with E-state index in [9.17, 15) is 14.4 Å². The second kappa shape index (κ2) is 10.5. The number of aryl methyl sites for hydroxylation is 1. The summed E-state index contributed by atoms with van der Waals surface area (Å²) in [6.45, 7) is 2.18. The lowest BCUT2D eigenvalue weighted by atomic mass is 10.1. The molecule has 1 aliphatic rings. The maximum Gasteiger partial charge on any atom is 0.335 e. The number of nitrogens with zero attached hydrogens (tertiary/aromatic N) is 1. The van der Waals surface area contributed by atoms with Crippen LogP contribution in [-0.4, -0.2) is 25.0 Å². The summed E-state index contributed by atoms with van der Waals surface area (Å²) >= 11 is 6.81. The zero-order valence-corrected chi connectivity index (χ0v) is 22.0. The highest BCUT2D eigenvalue weighted by Crippen LogP contribution is 2.31. The van der Waals surface area contributed by atoms with Gasteiger partial charge in [0.25, 0.3) is 11.8 Å². The molecule has 178 valence electrons. The predicted octanol–water partition coefficient (Wildman–Crippen LogP) is 5.77. The average molecular weight is 600 g/mol. The maximum absolute atomic E-state index is 13.2. The standard InChI is InChI=1S/C26H20Br2N2O5/c1-15-11-19(8-9-21(15)28)30-25(32)20(24(31)29-26(30)33)12-17-5-10-22(23(13-17)34-2)35-14-16-3-6-18(27)7-4-16/h3-13H,14H2,1-2H3,(H,29,31,33)/b20-12+. The average Bonchev–Trinajstić information content (AvgIpc) is 2.83. The number of halogens is 2. The van der Waals surface area contributed by atoms with Crippen LogP contribution in [0.15, 0.2) is 75.2 Å². The molecule has 1 heterocycles. The Morgan fingerprint density at radius 3 is 2.37 bits per heavy atom. The van der Waals surface area contributed by atoms with Gasteiger partial charge < -0.3 is 9.47 Å². The summed E-state index contributed by atoms with van der Waals surface area (Å²) in [6, 6.07) is 17.1. The number of imide groups is 2. The molecule has 7 nitrogen and oxygen atoms in total. The molecule has 0 unspecified atom stereocenters. The van der Waals surface area contributed by atoms with Gasteiger partial charge in [-0.2, -0.15) is 0 Å². The van der Waals surface area contributed by atoms with Crippen LogP contribution in [0.2, 0.25) is 0 Å². The molecule has 35 heavy (non-hydrogen) atoms. The summed E-state index contributed by atoms with van der Waals surface area (Å²) in [7, 11) is 1.51. The first-order valence-electron chi connectivity index (χ1n) is 10.5. The Morgan fingerprint density at radius 1 is 0.943 bits per heavy atom. The molecular weight excluding hydrogens is 580 g/mol. The van der Waals surface area contributed by atoms with Crippen molar-refractivity contribution in [2.24, 2.45) is 0 Å². The molecule has 1 aliphatic heterocycles. The van der Waals surface area contributed by atoms with Gasteiger partial charge in [-0.1, -0.05) is 50.1 Å². The van der Waals surface area contributed by atoms with E-state index >= 15 is 0 Å². The molecule has 0 spiro atoms. The van der Waals surface area contributed by atoms with Crippen LogP contribution in [0.25, 0.3) is 6.08 Å². The lowest BCUT2D eigenvalue weighted by Crippen LogP contribution is -2.54. The van der Waals surface area contributed by atoms with Gasteiger partial charge in [-0.3, -0.25) is 14.9 Å². The van der Waals surface area contributed by atoms with Crippen molar-refractivity contribution in [2.45, 2.75) is 13.5 Å². The lowest BCUT2D eigenvalue weighted by molar-refractivity contribution is -0.122. The molecule has 0 saturated carbocycles. The summed E-state index contributed by atoms with van der Waals surface area (Å²) in [5.74, 6) is -0.523. The summed E-state index contributed by atoms with van der Waals surface area (Å²) in [6.07, 6.45) is 1.42. The number of hydrogen-bond acceptors (Lipinski definition) is 5. The monoisotopic (exact) mass is 598 g/mol. The SMILES string of the molecule is COc1cc(/C=C2\C(=O)NC(=O)N(c3ccc(Br)c(C)c3)C2=O)ccc1OCc1ccc(Br)cc1. The number of rotatable bonds is 6. The predicted molar refractivity (Wildman–Crippen MR) is 139 cm³/mol. The van der Waals surface area contributed by atoms with Gasteiger partial charge in [0.1, 0.15) is 12.2 Å². The molecule has 1 fully saturated rings. The van der Waals surface area contributed by atoms with Gasteiger partial charge in [0.05, 0.1) is 12.8 Å². The summed E-state index contributed by atoms with van der Waals surface area (Å²) in [4.78, 5) is 39.1. The number of urea groups is 1. The van der Waals surface area contributed by atoms with Crippen LogP contribution in [0.1, 0.15) is 16.7 Å². The van der Waals surface area contributed by atoms with Crippen LogP contribution in [0.4, 0.5) is 10.5 Å². The van der Waals surface area contributed by atoms with Gasteiger partial charge in [0.2, 0.25) is 0 Å². The van der Waals surface area contributed by atoms with Gasteiger partial charge >= 0.3 is 6.03 Å². The minimum atomic E-state index is -0.798. The second-order valence-corrected chi connectivity index (χ2v) is 9.49. The molecule has 3 aromatic carbocycles. The molecule has 3 aromatic rings. The molecule has 9 heteroatoms. The Hall–Kier alpha value is -3.43. The molecule has 0 atom stereocenters. The number of amides is 4. The van der Waals surface area contributed by atoms with Crippen molar-refractivity contribution in [1.82, 2.24) is 5.32 Å². The van der Waals surface area contributed by atoms with Crippen molar-refractivity contribution in [1.29, 1.82) is 0 Å². The number of anilines is 1.